The van der Waals surface area contributed by atoms with Gasteiger partial charge in [0.1, 0.15) is 17.6 Å². The molecule has 208 valence electrons. The van der Waals surface area contributed by atoms with Gasteiger partial charge < -0.3 is 25.7 Å². The lowest BCUT2D eigenvalue weighted by Gasteiger charge is -2.38. The van der Waals surface area contributed by atoms with Crippen LogP contribution in [0, 0.1) is 5.82 Å². The number of anilines is 1. The number of hydrogen-bond acceptors (Lipinski definition) is 3. The average molecular weight is 543 g/mol. The van der Waals surface area contributed by atoms with E-state index in [9.17, 15) is 14.0 Å². The Morgan fingerprint density at radius 3 is 2.42 bits per heavy atom. The van der Waals surface area contributed by atoms with Crippen LogP contribution in [0.3, 0.4) is 0 Å². The van der Waals surface area contributed by atoms with Crippen molar-refractivity contribution >= 4 is 28.5 Å². The van der Waals surface area contributed by atoms with Crippen molar-refractivity contribution in [3.8, 4) is 5.75 Å². The molecular weight excluding hydrogens is 507 g/mol. The van der Waals surface area contributed by atoms with Crippen LogP contribution < -0.4 is 20.7 Å². The minimum Gasteiger partial charge on any atom is -0.497 e. The fourth-order valence-electron chi connectivity index (χ4n) is 5.71. The van der Waals surface area contributed by atoms with Gasteiger partial charge in [0.05, 0.1) is 7.11 Å². The van der Waals surface area contributed by atoms with Crippen molar-refractivity contribution in [3.05, 3.63) is 95.9 Å². The highest BCUT2D eigenvalue weighted by Gasteiger charge is 2.35. The van der Waals surface area contributed by atoms with Crippen LogP contribution in [0.15, 0.2) is 79.0 Å². The van der Waals surface area contributed by atoms with E-state index < -0.39 is 12.1 Å². The van der Waals surface area contributed by atoms with E-state index in [1.165, 1.54) is 12.1 Å². The standard InChI is InChI=1S/C32H35FN4O3/c1-40-26-15-13-25(14-16-26)36-31(39)37-29(19-22-20-34-28-8-4-3-7-27(22)28)30(38)35-21-32(17-5-2-6-18-32)23-9-11-24(33)12-10-23/h3-4,7-16,20,29,34H,2,5-6,17-19,21H2,1H3,(H,35,38)(H2,36,37,39)/t29-/m1/s1. The molecule has 40 heavy (non-hydrogen) atoms. The molecule has 0 unspecified atom stereocenters. The molecule has 1 saturated carbocycles. The van der Waals surface area contributed by atoms with Gasteiger partial charge in [0.25, 0.3) is 0 Å². The Bertz CT molecular complexity index is 1440. The lowest BCUT2D eigenvalue weighted by Crippen LogP contribution is -2.52. The summed E-state index contributed by atoms with van der Waals surface area (Å²) in [6, 6.07) is 20.2. The summed E-state index contributed by atoms with van der Waals surface area (Å²) in [4.78, 5) is 30.0. The number of aromatic nitrogens is 1. The van der Waals surface area contributed by atoms with Crippen LogP contribution in [0.1, 0.15) is 43.2 Å². The maximum atomic E-state index is 13.7. The number of ether oxygens (including phenoxy) is 1. The largest absolute Gasteiger partial charge is 0.497 e. The first-order valence-electron chi connectivity index (χ1n) is 13.8. The molecule has 1 atom stereocenters. The summed E-state index contributed by atoms with van der Waals surface area (Å²) in [6.45, 7) is 0.420. The zero-order valence-corrected chi connectivity index (χ0v) is 22.6. The van der Waals surface area contributed by atoms with Gasteiger partial charge in [0, 0.05) is 41.2 Å². The number of halogens is 1. The number of urea groups is 1. The minimum atomic E-state index is -0.814. The second-order valence-corrected chi connectivity index (χ2v) is 10.5. The number of H-pyrrole nitrogens is 1. The fraction of sp³-hybridized carbons (Fsp3) is 0.312. The van der Waals surface area contributed by atoms with Crippen LogP contribution in [0.2, 0.25) is 0 Å². The molecule has 5 rings (SSSR count). The Kier molecular flexibility index (Phi) is 8.34. The number of fused-ring (bicyclic) bond motifs is 1. The molecule has 7 nitrogen and oxygen atoms in total. The third kappa shape index (κ3) is 6.28. The molecule has 1 fully saturated rings. The Balaban J connectivity index is 1.34. The summed E-state index contributed by atoms with van der Waals surface area (Å²) in [6.07, 6.45) is 7.27. The van der Waals surface area contributed by atoms with Gasteiger partial charge in [-0.3, -0.25) is 4.79 Å². The van der Waals surface area contributed by atoms with Gasteiger partial charge in [0.15, 0.2) is 0 Å². The number of carbonyl (C=O) groups is 2. The summed E-state index contributed by atoms with van der Waals surface area (Å²) < 4.78 is 18.9. The molecule has 4 N–H and O–H groups in total. The molecular formula is C32H35FN4O3. The minimum absolute atomic E-state index is 0.262. The van der Waals surface area contributed by atoms with Crippen LogP contribution in [0.25, 0.3) is 10.9 Å². The van der Waals surface area contributed by atoms with Crippen LogP contribution >= 0.6 is 0 Å². The molecule has 0 saturated heterocycles. The zero-order chi connectivity index (χ0) is 28.0. The quantitative estimate of drug-likeness (QED) is 0.207. The molecule has 0 bridgehead atoms. The summed E-state index contributed by atoms with van der Waals surface area (Å²) in [5.74, 6) is 0.146. The number of methoxy groups -OCH3 is 1. The molecule has 3 aromatic carbocycles. The molecule has 1 aromatic heterocycles. The number of amides is 3. The lowest BCUT2D eigenvalue weighted by molar-refractivity contribution is -0.123. The van der Waals surface area contributed by atoms with E-state index in [2.05, 4.69) is 20.9 Å². The highest BCUT2D eigenvalue weighted by Crippen LogP contribution is 2.39. The molecule has 8 heteroatoms. The first kappa shape index (κ1) is 27.2. The van der Waals surface area contributed by atoms with Crippen molar-refractivity contribution < 1.29 is 18.7 Å². The highest BCUT2D eigenvalue weighted by molar-refractivity contribution is 5.94. The third-order valence-electron chi connectivity index (χ3n) is 7.94. The van der Waals surface area contributed by atoms with Gasteiger partial charge in [-0.1, -0.05) is 49.6 Å². The lowest BCUT2D eigenvalue weighted by atomic mass is 9.69. The molecule has 4 aromatic rings. The number of para-hydroxylation sites is 1. The van der Waals surface area contributed by atoms with E-state index >= 15 is 0 Å². The van der Waals surface area contributed by atoms with Gasteiger partial charge in [0.2, 0.25) is 5.91 Å². The predicted octanol–water partition coefficient (Wildman–Crippen LogP) is 6.07. The SMILES string of the molecule is COc1ccc(NC(=O)N[C@H](Cc2c[nH]c3ccccc23)C(=O)NCC2(c3ccc(F)cc3)CCCCC2)cc1. The van der Waals surface area contributed by atoms with E-state index in [4.69, 9.17) is 4.74 Å². The van der Waals surface area contributed by atoms with Gasteiger partial charge in [-0.2, -0.15) is 0 Å². The van der Waals surface area contributed by atoms with Gasteiger partial charge >= 0.3 is 6.03 Å². The number of aromatic amines is 1. The van der Waals surface area contributed by atoms with E-state index in [1.807, 2.05) is 42.6 Å². The fourth-order valence-corrected chi connectivity index (χ4v) is 5.71. The van der Waals surface area contributed by atoms with Crippen molar-refractivity contribution in [2.75, 3.05) is 19.0 Å². The zero-order valence-electron chi connectivity index (χ0n) is 22.6. The Morgan fingerprint density at radius 2 is 1.70 bits per heavy atom. The van der Waals surface area contributed by atoms with Crippen molar-refractivity contribution in [1.29, 1.82) is 0 Å². The average Bonchev–Trinajstić information content (AvgIpc) is 3.39. The summed E-state index contributed by atoms with van der Waals surface area (Å²) in [5.41, 5.74) is 3.26. The van der Waals surface area contributed by atoms with Crippen LogP contribution in [0.5, 0.6) is 5.75 Å². The first-order chi connectivity index (χ1) is 19.5. The number of benzene rings is 3. The van der Waals surface area contributed by atoms with Gasteiger partial charge in [-0.15, -0.1) is 0 Å². The van der Waals surface area contributed by atoms with Crippen LogP contribution in [-0.2, 0) is 16.6 Å². The number of hydrogen-bond donors (Lipinski definition) is 4. The van der Waals surface area contributed by atoms with E-state index in [0.29, 0.717) is 24.4 Å². The summed E-state index contributed by atoms with van der Waals surface area (Å²) >= 11 is 0. The van der Waals surface area contributed by atoms with E-state index in [1.54, 1.807) is 31.4 Å². The molecule has 3 amide bonds. The Hall–Kier alpha value is -4.33. The van der Waals surface area contributed by atoms with Crippen LogP contribution in [-0.4, -0.2) is 36.6 Å². The second kappa shape index (κ2) is 12.2. The Labute approximate surface area is 233 Å². The van der Waals surface area contributed by atoms with Crippen molar-refractivity contribution in [2.24, 2.45) is 0 Å². The van der Waals surface area contributed by atoms with E-state index in [-0.39, 0.29) is 17.1 Å². The number of nitrogens with one attached hydrogen (secondary N) is 4. The van der Waals surface area contributed by atoms with E-state index in [0.717, 1.165) is 54.1 Å². The van der Waals surface area contributed by atoms with Crippen molar-refractivity contribution in [2.45, 2.75) is 50.0 Å². The topological polar surface area (TPSA) is 95.2 Å². The molecule has 1 aliphatic rings. The molecule has 1 aliphatic carbocycles. The molecule has 1 heterocycles. The maximum Gasteiger partial charge on any atom is 0.319 e. The molecule has 0 spiro atoms. The van der Waals surface area contributed by atoms with Gasteiger partial charge in [-0.05, 0) is 66.4 Å². The second-order valence-electron chi connectivity index (χ2n) is 10.5. The molecule has 0 radical (unpaired) electrons. The molecule has 0 aliphatic heterocycles. The normalized spacial score (nSPS) is 15.2. The summed E-state index contributed by atoms with van der Waals surface area (Å²) in [7, 11) is 1.58. The monoisotopic (exact) mass is 542 g/mol. The van der Waals surface area contributed by atoms with Crippen LogP contribution in [0.4, 0.5) is 14.9 Å². The predicted molar refractivity (Wildman–Crippen MR) is 155 cm³/mol. The maximum absolute atomic E-state index is 13.7. The first-order valence-corrected chi connectivity index (χ1v) is 13.8. The Morgan fingerprint density at radius 1 is 0.975 bits per heavy atom. The smallest absolute Gasteiger partial charge is 0.319 e. The summed E-state index contributed by atoms with van der Waals surface area (Å²) in [5, 5.41) is 9.85. The van der Waals surface area contributed by atoms with Crippen molar-refractivity contribution in [1.82, 2.24) is 15.6 Å². The third-order valence-corrected chi connectivity index (χ3v) is 7.94. The van der Waals surface area contributed by atoms with Crippen molar-refractivity contribution in [3.63, 3.8) is 0 Å². The number of rotatable bonds is 9. The number of carbonyl (C=O) groups excluding carboxylic acids is 2. The van der Waals surface area contributed by atoms with Gasteiger partial charge in [-0.25, -0.2) is 9.18 Å². The highest BCUT2D eigenvalue weighted by atomic mass is 19.1.